The number of para-hydroxylation sites is 1. The molecule has 2 heterocycles. The van der Waals surface area contributed by atoms with Crippen LogP contribution in [0, 0.1) is 18.8 Å². The van der Waals surface area contributed by atoms with Gasteiger partial charge in [0, 0.05) is 22.4 Å². The van der Waals surface area contributed by atoms with Gasteiger partial charge in [-0.15, -0.1) is 0 Å². The Balaban J connectivity index is 1.27. The lowest BCUT2D eigenvalue weighted by atomic mass is 9.73. The Morgan fingerprint density at radius 2 is 1.34 bits per heavy atom. The number of benzene rings is 6. The van der Waals surface area contributed by atoms with Crippen LogP contribution in [0.1, 0.15) is 67.3 Å². The van der Waals surface area contributed by atoms with Gasteiger partial charge < -0.3 is 4.42 Å². The minimum absolute atomic E-state index is 0.0447. The fourth-order valence-electron chi connectivity index (χ4n) is 8.09. The molecular weight excluding hydrogens is 571 g/mol. The summed E-state index contributed by atoms with van der Waals surface area (Å²) in [6, 6.07) is 48.7. The van der Waals surface area contributed by atoms with Crippen LogP contribution < -0.4 is 0 Å². The summed E-state index contributed by atoms with van der Waals surface area (Å²) in [5, 5.41) is 4.93. The quantitative estimate of drug-likeness (QED) is 0.190. The Kier molecular flexibility index (Phi) is 7.73. The van der Waals surface area contributed by atoms with Crippen LogP contribution in [0.2, 0.25) is 0 Å². The van der Waals surface area contributed by atoms with Crippen LogP contribution in [0.4, 0.5) is 0 Å². The van der Waals surface area contributed by atoms with Crippen molar-refractivity contribution in [3.05, 3.63) is 156 Å². The second kappa shape index (κ2) is 12.3. The molecule has 0 saturated heterocycles. The number of fused-ring (bicyclic) bond motifs is 4. The van der Waals surface area contributed by atoms with Gasteiger partial charge in [0.15, 0.2) is 0 Å². The molecule has 0 spiro atoms. The second-order valence-electron chi connectivity index (χ2n) is 13.5. The molecule has 1 aliphatic heterocycles. The van der Waals surface area contributed by atoms with E-state index in [1.807, 2.05) is 0 Å². The summed E-state index contributed by atoms with van der Waals surface area (Å²) in [7, 11) is 0. The van der Waals surface area contributed by atoms with E-state index < -0.39 is 0 Å². The van der Waals surface area contributed by atoms with Crippen molar-refractivity contribution in [2.24, 2.45) is 16.8 Å². The van der Waals surface area contributed by atoms with Crippen LogP contribution in [0.3, 0.4) is 0 Å². The van der Waals surface area contributed by atoms with Crippen molar-refractivity contribution >= 4 is 38.4 Å². The fourth-order valence-corrected chi connectivity index (χ4v) is 8.09. The molecule has 47 heavy (non-hydrogen) atoms. The van der Waals surface area contributed by atoms with E-state index in [4.69, 9.17) is 9.41 Å². The Morgan fingerprint density at radius 1 is 0.638 bits per heavy atom. The highest BCUT2D eigenvalue weighted by atomic mass is 16.3. The molecule has 6 aromatic carbocycles. The van der Waals surface area contributed by atoms with Crippen LogP contribution >= 0.6 is 0 Å². The van der Waals surface area contributed by atoms with E-state index >= 15 is 0 Å². The molecule has 0 amide bonds. The highest BCUT2D eigenvalue weighted by Crippen LogP contribution is 2.44. The summed E-state index contributed by atoms with van der Waals surface area (Å²) in [4.78, 5) is 5.83. The van der Waals surface area contributed by atoms with Crippen molar-refractivity contribution in [2.75, 3.05) is 0 Å². The first-order chi connectivity index (χ1) is 23.1. The summed E-state index contributed by atoms with van der Waals surface area (Å²) in [5.74, 6) is 1.05. The first-order valence-electron chi connectivity index (χ1n) is 17.2. The van der Waals surface area contributed by atoms with E-state index in [2.05, 4.69) is 154 Å². The molecule has 0 N–H and O–H groups in total. The molecule has 0 radical (unpaired) electrons. The van der Waals surface area contributed by atoms with Crippen molar-refractivity contribution in [2.45, 2.75) is 52.0 Å². The Labute approximate surface area is 277 Å². The van der Waals surface area contributed by atoms with Gasteiger partial charge in [-0.2, -0.15) is 0 Å². The summed E-state index contributed by atoms with van der Waals surface area (Å²) < 4.78 is 6.43. The first kappa shape index (κ1) is 29.5. The summed E-state index contributed by atoms with van der Waals surface area (Å²) in [6.45, 7) is 6.96. The van der Waals surface area contributed by atoms with Gasteiger partial charge in [0.1, 0.15) is 11.2 Å². The van der Waals surface area contributed by atoms with Crippen molar-refractivity contribution in [1.82, 2.24) is 0 Å². The number of aliphatic imine (C=N–C) groups is 1. The van der Waals surface area contributed by atoms with Crippen molar-refractivity contribution < 1.29 is 4.42 Å². The van der Waals surface area contributed by atoms with Crippen LogP contribution in [-0.4, -0.2) is 5.71 Å². The molecule has 7 aromatic rings. The van der Waals surface area contributed by atoms with E-state index in [0.717, 1.165) is 30.4 Å². The largest absolute Gasteiger partial charge is 0.456 e. The standard InChI is InChI=1S/C45H41NO/c1-4-38-39(34-22-19-33(20-23-34)31-12-6-5-7-13-31)25-18-29(2)44(46-45(38)36-24-21-32-14-8-9-15-35(32)27-36)37-26-30(3)43-40-16-10-11-17-41(40)47-42(43)28-37/h5-17,19-24,26-29,38-39,44H,4,18,25H2,1-3H3/b46-45-. The SMILES string of the molecule is CCC1/C(c2ccc3ccccc3c2)=N\C(c2cc(C)c3c(c2)oc2ccccc23)C(C)CCC1c1ccc(-c2ccccc2)cc1. The van der Waals surface area contributed by atoms with E-state index in [0.29, 0.717) is 17.8 Å². The number of nitrogens with zero attached hydrogens (tertiary/aromatic N) is 1. The third-order valence-corrected chi connectivity index (χ3v) is 10.6. The fraction of sp³-hybridized carbons (Fsp3) is 0.222. The van der Waals surface area contributed by atoms with Gasteiger partial charge in [-0.1, -0.05) is 129 Å². The van der Waals surface area contributed by atoms with Gasteiger partial charge >= 0.3 is 0 Å². The van der Waals surface area contributed by atoms with E-state index in [-0.39, 0.29) is 6.04 Å². The Morgan fingerprint density at radius 3 is 2.15 bits per heavy atom. The van der Waals surface area contributed by atoms with Crippen LogP contribution in [0.25, 0.3) is 43.8 Å². The van der Waals surface area contributed by atoms with Gasteiger partial charge in [0.05, 0.1) is 6.04 Å². The zero-order valence-corrected chi connectivity index (χ0v) is 27.5. The number of rotatable bonds is 5. The number of hydrogen-bond donors (Lipinski definition) is 0. The molecule has 0 aliphatic carbocycles. The van der Waals surface area contributed by atoms with Gasteiger partial charge in [-0.25, -0.2) is 0 Å². The van der Waals surface area contributed by atoms with E-state index in [1.54, 1.807) is 0 Å². The average molecular weight is 612 g/mol. The number of furan rings is 1. The van der Waals surface area contributed by atoms with Crippen LogP contribution in [0.5, 0.6) is 0 Å². The number of hydrogen-bond acceptors (Lipinski definition) is 2. The predicted molar refractivity (Wildman–Crippen MR) is 198 cm³/mol. The van der Waals surface area contributed by atoms with Gasteiger partial charge in [-0.3, -0.25) is 4.99 Å². The zero-order valence-electron chi connectivity index (χ0n) is 27.5. The molecule has 232 valence electrons. The Hall–Kier alpha value is -4.95. The lowest BCUT2D eigenvalue weighted by Gasteiger charge is -2.35. The third kappa shape index (κ3) is 5.46. The van der Waals surface area contributed by atoms with Crippen molar-refractivity contribution in [3.8, 4) is 11.1 Å². The van der Waals surface area contributed by atoms with Gasteiger partial charge in [0.25, 0.3) is 0 Å². The zero-order chi connectivity index (χ0) is 31.9. The summed E-state index contributed by atoms with van der Waals surface area (Å²) in [5.41, 5.74) is 10.8. The third-order valence-electron chi connectivity index (χ3n) is 10.6. The molecular formula is C45H41NO. The summed E-state index contributed by atoms with van der Waals surface area (Å²) in [6.07, 6.45) is 3.26. The van der Waals surface area contributed by atoms with Gasteiger partial charge in [0.2, 0.25) is 0 Å². The topological polar surface area (TPSA) is 25.5 Å². The smallest absolute Gasteiger partial charge is 0.136 e. The maximum atomic E-state index is 6.43. The van der Waals surface area contributed by atoms with E-state index in [9.17, 15) is 0 Å². The maximum Gasteiger partial charge on any atom is 0.136 e. The first-order valence-corrected chi connectivity index (χ1v) is 17.2. The maximum absolute atomic E-state index is 6.43. The summed E-state index contributed by atoms with van der Waals surface area (Å²) >= 11 is 0. The molecule has 8 rings (SSSR count). The molecule has 1 aliphatic rings. The molecule has 0 saturated carbocycles. The van der Waals surface area contributed by atoms with Gasteiger partial charge in [-0.05, 0) is 100 Å². The normalized spacial score (nSPS) is 21.4. The van der Waals surface area contributed by atoms with Crippen LogP contribution in [0.15, 0.2) is 143 Å². The average Bonchev–Trinajstić information content (AvgIpc) is 3.49. The molecule has 0 fully saturated rings. The predicted octanol–water partition coefficient (Wildman–Crippen LogP) is 12.5. The molecule has 1 aromatic heterocycles. The minimum atomic E-state index is 0.0447. The minimum Gasteiger partial charge on any atom is -0.456 e. The molecule has 4 atom stereocenters. The monoisotopic (exact) mass is 611 g/mol. The van der Waals surface area contributed by atoms with Crippen molar-refractivity contribution in [1.29, 1.82) is 0 Å². The molecule has 2 heteroatoms. The Bertz CT molecular complexity index is 2220. The molecule has 2 nitrogen and oxygen atoms in total. The molecule has 4 unspecified atom stereocenters. The molecule has 0 bridgehead atoms. The lowest BCUT2D eigenvalue weighted by molar-refractivity contribution is 0.362. The van der Waals surface area contributed by atoms with E-state index in [1.165, 1.54) is 60.6 Å². The lowest BCUT2D eigenvalue weighted by Crippen LogP contribution is -2.28. The number of aryl methyl sites for hydroxylation is 1. The van der Waals surface area contributed by atoms with Crippen LogP contribution in [-0.2, 0) is 0 Å². The second-order valence-corrected chi connectivity index (χ2v) is 13.5. The highest BCUT2D eigenvalue weighted by Gasteiger charge is 2.33. The highest BCUT2D eigenvalue weighted by molar-refractivity contribution is 6.07. The van der Waals surface area contributed by atoms with Crippen molar-refractivity contribution in [3.63, 3.8) is 0 Å².